The van der Waals surface area contributed by atoms with Crippen molar-refractivity contribution in [1.29, 1.82) is 0 Å². The molecular weight excluding hydrogens is 592 g/mol. The van der Waals surface area contributed by atoms with Gasteiger partial charge >= 0.3 is 6.09 Å². The summed E-state index contributed by atoms with van der Waals surface area (Å²) >= 11 is 6.07. The van der Waals surface area contributed by atoms with Crippen molar-refractivity contribution in [3.05, 3.63) is 65.2 Å². The van der Waals surface area contributed by atoms with Crippen LogP contribution in [0.3, 0.4) is 0 Å². The zero-order valence-electron chi connectivity index (χ0n) is 25.1. The van der Waals surface area contributed by atoms with Crippen molar-refractivity contribution in [3.8, 4) is 5.75 Å². The number of carbonyl (C=O) groups is 1. The number of rotatable bonds is 10. The van der Waals surface area contributed by atoms with Gasteiger partial charge < -0.3 is 19.7 Å². The molecular formula is C30H39ClN6O5S. The van der Waals surface area contributed by atoms with E-state index in [1.54, 1.807) is 42.5 Å². The number of amides is 1. The molecule has 232 valence electrons. The third-order valence-corrected chi connectivity index (χ3v) is 9.02. The average molecular weight is 631 g/mol. The number of benzene rings is 1. The number of ether oxygens (including phenoxy) is 2. The highest BCUT2D eigenvalue weighted by molar-refractivity contribution is 7.92. The van der Waals surface area contributed by atoms with Crippen molar-refractivity contribution in [2.45, 2.75) is 81.9 Å². The Balaban J connectivity index is 1.28. The molecule has 3 aromatic rings. The van der Waals surface area contributed by atoms with Gasteiger partial charge in [-0.15, -0.1) is 0 Å². The van der Waals surface area contributed by atoms with E-state index < -0.39 is 15.6 Å². The maximum Gasteiger partial charge on any atom is 0.410 e. The molecule has 1 aliphatic rings. The number of aromatic nitrogens is 3. The van der Waals surface area contributed by atoms with Crippen molar-refractivity contribution < 1.29 is 22.7 Å². The van der Waals surface area contributed by atoms with Crippen LogP contribution in [0.2, 0.25) is 5.02 Å². The van der Waals surface area contributed by atoms with Crippen LogP contribution in [0.15, 0.2) is 53.8 Å². The van der Waals surface area contributed by atoms with Gasteiger partial charge in [-0.25, -0.2) is 23.2 Å². The topological polar surface area (TPSA) is 136 Å². The highest BCUT2D eigenvalue weighted by Gasteiger charge is 2.29. The summed E-state index contributed by atoms with van der Waals surface area (Å²) in [6.07, 6.45) is 9.47. The quantitative estimate of drug-likeness (QED) is 0.289. The summed E-state index contributed by atoms with van der Waals surface area (Å²) in [7, 11) is -0.573. The lowest BCUT2D eigenvalue weighted by Gasteiger charge is -2.35. The molecule has 0 saturated heterocycles. The van der Waals surface area contributed by atoms with Gasteiger partial charge in [-0.3, -0.25) is 9.71 Å². The number of methoxy groups -OCH3 is 1. The minimum atomic E-state index is -3.89. The van der Waals surface area contributed by atoms with Crippen LogP contribution in [-0.4, -0.2) is 66.2 Å². The van der Waals surface area contributed by atoms with Crippen molar-refractivity contribution in [2.24, 2.45) is 0 Å². The maximum absolute atomic E-state index is 12.8. The van der Waals surface area contributed by atoms with E-state index in [0.717, 1.165) is 31.2 Å². The van der Waals surface area contributed by atoms with E-state index in [2.05, 4.69) is 25.0 Å². The number of pyridine rings is 1. The van der Waals surface area contributed by atoms with Gasteiger partial charge in [0.25, 0.3) is 10.0 Å². The first kappa shape index (κ1) is 32.3. The Morgan fingerprint density at radius 1 is 1.05 bits per heavy atom. The predicted molar refractivity (Wildman–Crippen MR) is 166 cm³/mol. The molecule has 0 spiro atoms. The third-order valence-electron chi connectivity index (χ3n) is 7.14. The fourth-order valence-electron chi connectivity index (χ4n) is 4.86. The fraction of sp³-hybridized carbons (Fsp3) is 0.467. The van der Waals surface area contributed by atoms with Gasteiger partial charge in [-0.05, 0) is 77.0 Å². The number of sulfonamides is 1. The molecule has 1 amide bonds. The SMILES string of the molecule is COc1cc(NS(=O)(=O)c2ccccc2Cl)cnc1CCc1cnc(NC2CCC(N(C)C(=O)OC(C)(C)C)CC2)nc1. The first-order chi connectivity index (χ1) is 20.3. The van der Waals surface area contributed by atoms with Crippen LogP contribution in [0.5, 0.6) is 5.75 Å². The van der Waals surface area contributed by atoms with E-state index in [0.29, 0.717) is 30.2 Å². The predicted octanol–water partition coefficient (Wildman–Crippen LogP) is 5.71. The summed E-state index contributed by atoms with van der Waals surface area (Å²) in [6, 6.07) is 8.21. The number of hydrogen-bond acceptors (Lipinski definition) is 9. The first-order valence-electron chi connectivity index (χ1n) is 14.2. The summed E-state index contributed by atoms with van der Waals surface area (Å²) in [4.78, 5) is 27.5. The summed E-state index contributed by atoms with van der Waals surface area (Å²) in [5, 5.41) is 3.54. The summed E-state index contributed by atoms with van der Waals surface area (Å²) in [5.74, 6) is 1.03. The molecule has 1 aliphatic carbocycles. The Morgan fingerprint density at radius 3 is 2.35 bits per heavy atom. The Bertz CT molecular complexity index is 1510. The van der Waals surface area contributed by atoms with Crippen LogP contribution in [-0.2, 0) is 27.6 Å². The van der Waals surface area contributed by atoms with E-state index in [1.807, 2.05) is 20.8 Å². The van der Waals surface area contributed by atoms with Crippen molar-refractivity contribution >= 4 is 39.4 Å². The molecule has 11 nitrogen and oxygen atoms in total. The van der Waals surface area contributed by atoms with Crippen LogP contribution in [0.1, 0.15) is 57.7 Å². The Kier molecular flexibility index (Phi) is 10.3. The maximum atomic E-state index is 12.8. The minimum Gasteiger partial charge on any atom is -0.495 e. The zero-order valence-corrected chi connectivity index (χ0v) is 26.7. The van der Waals surface area contributed by atoms with Crippen LogP contribution in [0.4, 0.5) is 16.4 Å². The molecule has 0 aliphatic heterocycles. The lowest BCUT2D eigenvalue weighted by atomic mass is 9.90. The summed E-state index contributed by atoms with van der Waals surface area (Å²) in [6.45, 7) is 5.61. The Labute approximate surface area is 258 Å². The molecule has 0 bridgehead atoms. The molecule has 4 rings (SSSR count). The standard InChI is InChI=1S/C30H39ClN6O5S/c1-30(2,3)42-29(38)37(4)23-13-11-21(12-14-23)35-28-33-17-20(18-34-28)10-15-25-26(41-5)16-22(19-32-25)36-43(39,40)27-9-7-6-8-24(27)31/h6-9,16-19,21,23,36H,10-15H2,1-5H3,(H,33,34,35). The van der Waals surface area contributed by atoms with Crippen LogP contribution in [0.25, 0.3) is 0 Å². The third kappa shape index (κ3) is 8.93. The first-order valence-corrected chi connectivity index (χ1v) is 16.0. The second-order valence-electron chi connectivity index (χ2n) is 11.6. The minimum absolute atomic E-state index is 0.0175. The Morgan fingerprint density at radius 2 is 1.72 bits per heavy atom. The zero-order chi connectivity index (χ0) is 31.2. The number of aryl methyl sites for hydroxylation is 2. The van der Waals surface area contributed by atoms with Crippen LogP contribution in [0, 0.1) is 0 Å². The van der Waals surface area contributed by atoms with Gasteiger partial charge in [0.1, 0.15) is 16.2 Å². The van der Waals surface area contributed by atoms with Gasteiger partial charge in [-0.1, -0.05) is 23.7 Å². The lowest BCUT2D eigenvalue weighted by molar-refractivity contribution is 0.0185. The molecule has 2 aromatic heterocycles. The molecule has 1 fully saturated rings. The number of halogens is 1. The highest BCUT2D eigenvalue weighted by atomic mass is 35.5. The van der Waals surface area contributed by atoms with Crippen molar-refractivity contribution in [1.82, 2.24) is 19.9 Å². The van der Waals surface area contributed by atoms with Crippen molar-refractivity contribution in [2.75, 3.05) is 24.2 Å². The van der Waals surface area contributed by atoms with Gasteiger partial charge in [0, 0.05) is 37.6 Å². The summed E-state index contributed by atoms with van der Waals surface area (Å²) < 4.78 is 39.0. The van der Waals surface area contributed by atoms with E-state index in [-0.39, 0.29) is 33.8 Å². The molecule has 1 aromatic carbocycles. The van der Waals surface area contributed by atoms with Gasteiger partial charge in [0.05, 0.1) is 29.7 Å². The fourth-order valence-corrected chi connectivity index (χ4v) is 6.41. The number of carbonyl (C=O) groups excluding carboxylic acids is 1. The van der Waals surface area contributed by atoms with Crippen LogP contribution < -0.4 is 14.8 Å². The lowest BCUT2D eigenvalue weighted by Crippen LogP contribution is -2.43. The monoisotopic (exact) mass is 630 g/mol. The molecule has 43 heavy (non-hydrogen) atoms. The number of nitrogens with one attached hydrogen (secondary N) is 2. The van der Waals surface area contributed by atoms with Gasteiger partial charge in [-0.2, -0.15) is 0 Å². The largest absolute Gasteiger partial charge is 0.495 e. The Hall–Kier alpha value is -3.64. The smallest absolute Gasteiger partial charge is 0.410 e. The molecule has 0 atom stereocenters. The normalized spacial score (nSPS) is 17.2. The second-order valence-corrected chi connectivity index (χ2v) is 13.6. The molecule has 0 radical (unpaired) electrons. The van der Waals surface area contributed by atoms with E-state index >= 15 is 0 Å². The van der Waals surface area contributed by atoms with E-state index in [9.17, 15) is 13.2 Å². The number of anilines is 2. The van der Waals surface area contributed by atoms with Crippen LogP contribution >= 0.6 is 11.6 Å². The van der Waals surface area contributed by atoms with Gasteiger partial charge in [0.2, 0.25) is 5.95 Å². The molecule has 13 heteroatoms. The highest BCUT2D eigenvalue weighted by Crippen LogP contribution is 2.28. The van der Waals surface area contributed by atoms with E-state index in [4.69, 9.17) is 21.1 Å². The van der Waals surface area contributed by atoms with Crippen molar-refractivity contribution in [3.63, 3.8) is 0 Å². The molecule has 2 N–H and O–H groups in total. The average Bonchev–Trinajstić information content (AvgIpc) is 2.96. The second kappa shape index (κ2) is 13.8. The summed E-state index contributed by atoms with van der Waals surface area (Å²) in [5.41, 5.74) is 1.37. The van der Waals surface area contributed by atoms with E-state index in [1.165, 1.54) is 25.4 Å². The van der Waals surface area contributed by atoms with Gasteiger partial charge in [0.15, 0.2) is 0 Å². The molecule has 1 saturated carbocycles. The molecule has 2 heterocycles. The number of nitrogens with zero attached hydrogens (tertiary/aromatic N) is 4. The number of hydrogen-bond donors (Lipinski definition) is 2. The molecule has 0 unspecified atom stereocenters.